The SMILES string of the molecule is O=C(O)CCCNc1ccc(F)cc1Cl. The Morgan fingerprint density at radius 1 is 1.53 bits per heavy atom. The smallest absolute Gasteiger partial charge is 0.303 e. The van der Waals surface area contributed by atoms with Crippen LogP contribution in [0.4, 0.5) is 10.1 Å². The van der Waals surface area contributed by atoms with Gasteiger partial charge in [-0.05, 0) is 24.6 Å². The summed E-state index contributed by atoms with van der Waals surface area (Å²) >= 11 is 5.75. The molecule has 0 fully saturated rings. The third kappa shape index (κ3) is 4.16. The summed E-state index contributed by atoms with van der Waals surface area (Å²) in [4.78, 5) is 10.2. The van der Waals surface area contributed by atoms with Crippen LogP contribution in [0.5, 0.6) is 0 Å². The molecule has 0 bridgehead atoms. The molecule has 82 valence electrons. The van der Waals surface area contributed by atoms with Crippen molar-refractivity contribution in [2.24, 2.45) is 0 Å². The van der Waals surface area contributed by atoms with E-state index in [0.29, 0.717) is 23.7 Å². The molecule has 0 saturated heterocycles. The second kappa shape index (κ2) is 5.56. The highest BCUT2D eigenvalue weighted by molar-refractivity contribution is 6.33. The second-order valence-corrected chi connectivity index (χ2v) is 3.46. The van der Waals surface area contributed by atoms with Gasteiger partial charge in [0.25, 0.3) is 0 Å². The molecule has 0 amide bonds. The summed E-state index contributed by atoms with van der Waals surface area (Å²) in [6, 6.07) is 4.03. The normalized spacial score (nSPS) is 10.0. The Bertz CT molecular complexity index is 357. The average molecular weight is 232 g/mol. The molecule has 0 saturated carbocycles. The standard InChI is InChI=1S/C10H11ClFNO2/c11-8-6-7(12)3-4-9(8)13-5-1-2-10(14)15/h3-4,6,13H,1-2,5H2,(H,14,15). The largest absolute Gasteiger partial charge is 0.481 e. The van der Waals surface area contributed by atoms with E-state index in [-0.39, 0.29) is 6.42 Å². The van der Waals surface area contributed by atoms with Crippen LogP contribution in [0.2, 0.25) is 5.02 Å². The van der Waals surface area contributed by atoms with Gasteiger partial charge in [-0.1, -0.05) is 11.6 Å². The van der Waals surface area contributed by atoms with Gasteiger partial charge in [0.15, 0.2) is 0 Å². The maximum atomic E-state index is 12.7. The minimum absolute atomic E-state index is 0.103. The summed E-state index contributed by atoms with van der Waals surface area (Å²) in [5, 5.41) is 11.6. The van der Waals surface area contributed by atoms with E-state index < -0.39 is 11.8 Å². The number of rotatable bonds is 5. The van der Waals surface area contributed by atoms with Gasteiger partial charge in [-0.3, -0.25) is 4.79 Å². The minimum atomic E-state index is -0.831. The number of halogens is 2. The fourth-order valence-electron chi connectivity index (χ4n) is 1.10. The molecular formula is C10H11ClFNO2. The molecule has 15 heavy (non-hydrogen) atoms. The highest BCUT2D eigenvalue weighted by Crippen LogP contribution is 2.22. The monoisotopic (exact) mass is 231 g/mol. The van der Waals surface area contributed by atoms with Gasteiger partial charge in [0.05, 0.1) is 10.7 Å². The van der Waals surface area contributed by atoms with Gasteiger partial charge in [-0.15, -0.1) is 0 Å². The van der Waals surface area contributed by atoms with Crippen LogP contribution in [0.15, 0.2) is 18.2 Å². The Balaban J connectivity index is 2.40. The number of carboxylic acids is 1. The molecule has 3 nitrogen and oxygen atoms in total. The van der Waals surface area contributed by atoms with Crippen LogP contribution in [0.1, 0.15) is 12.8 Å². The van der Waals surface area contributed by atoms with Crippen molar-refractivity contribution in [1.29, 1.82) is 0 Å². The van der Waals surface area contributed by atoms with Crippen molar-refractivity contribution in [2.75, 3.05) is 11.9 Å². The first-order valence-corrected chi connectivity index (χ1v) is 4.88. The fraction of sp³-hybridized carbons (Fsp3) is 0.300. The molecule has 1 rings (SSSR count). The number of aliphatic carboxylic acids is 1. The van der Waals surface area contributed by atoms with Crippen LogP contribution in [0.25, 0.3) is 0 Å². The molecule has 5 heteroatoms. The van der Waals surface area contributed by atoms with Gasteiger partial charge in [0.1, 0.15) is 5.82 Å². The van der Waals surface area contributed by atoms with Gasteiger partial charge in [-0.25, -0.2) is 4.39 Å². The average Bonchev–Trinajstić information content (AvgIpc) is 2.14. The van der Waals surface area contributed by atoms with Crippen molar-refractivity contribution in [3.63, 3.8) is 0 Å². The van der Waals surface area contributed by atoms with E-state index in [1.807, 2.05) is 0 Å². The van der Waals surface area contributed by atoms with E-state index in [4.69, 9.17) is 16.7 Å². The molecular weight excluding hydrogens is 221 g/mol. The highest BCUT2D eigenvalue weighted by Gasteiger charge is 2.01. The zero-order chi connectivity index (χ0) is 11.3. The Labute approximate surface area is 91.9 Å². The maximum absolute atomic E-state index is 12.7. The molecule has 0 unspecified atom stereocenters. The first kappa shape index (κ1) is 11.8. The summed E-state index contributed by atoms with van der Waals surface area (Å²) in [5.41, 5.74) is 0.614. The predicted molar refractivity (Wildman–Crippen MR) is 56.8 cm³/mol. The molecule has 2 N–H and O–H groups in total. The fourth-order valence-corrected chi connectivity index (χ4v) is 1.33. The first-order chi connectivity index (χ1) is 7.09. The molecule has 0 atom stereocenters. The molecule has 0 aromatic heterocycles. The molecule has 0 spiro atoms. The van der Waals surface area contributed by atoms with Crippen LogP contribution in [0, 0.1) is 5.82 Å². The zero-order valence-corrected chi connectivity index (χ0v) is 8.72. The first-order valence-electron chi connectivity index (χ1n) is 4.50. The van der Waals surface area contributed by atoms with E-state index in [2.05, 4.69) is 5.32 Å². The zero-order valence-electron chi connectivity index (χ0n) is 7.96. The lowest BCUT2D eigenvalue weighted by atomic mass is 10.2. The number of hydrogen-bond acceptors (Lipinski definition) is 2. The van der Waals surface area contributed by atoms with Crippen molar-refractivity contribution < 1.29 is 14.3 Å². The third-order valence-corrected chi connectivity index (χ3v) is 2.13. The lowest BCUT2D eigenvalue weighted by Gasteiger charge is -2.07. The van der Waals surface area contributed by atoms with Gasteiger partial charge in [0.2, 0.25) is 0 Å². The topological polar surface area (TPSA) is 49.3 Å². The predicted octanol–water partition coefficient (Wildman–Crippen LogP) is 2.76. The lowest BCUT2D eigenvalue weighted by molar-refractivity contribution is -0.137. The quantitative estimate of drug-likeness (QED) is 0.766. The van der Waals surface area contributed by atoms with E-state index >= 15 is 0 Å². The van der Waals surface area contributed by atoms with Crippen molar-refractivity contribution in [3.8, 4) is 0 Å². The van der Waals surface area contributed by atoms with Crippen molar-refractivity contribution in [3.05, 3.63) is 29.0 Å². The Hall–Kier alpha value is -1.29. The Kier molecular flexibility index (Phi) is 4.37. The molecule has 0 aliphatic rings. The van der Waals surface area contributed by atoms with Crippen molar-refractivity contribution >= 4 is 23.3 Å². The molecule has 0 aliphatic carbocycles. The Morgan fingerprint density at radius 3 is 2.87 bits per heavy atom. The van der Waals surface area contributed by atoms with Crippen molar-refractivity contribution in [2.45, 2.75) is 12.8 Å². The van der Waals surface area contributed by atoms with Gasteiger partial charge >= 0.3 is 5.97 Å². The van der Waals surface area contributed by atoms with Crippen LogP contribution < -0.4 is 5.32 Å². The number of anilines is 1. The van der Waals surface area contributed by atoms with E-state index in [1.165, 1.54) is 18.2 Å². The molecule has 0 radical (unpaired) electrons. The lowest BCUT2D eigenvalue weighted by Crippen LogP contribution is -2.05. The van der Waals surface area contributed by atoms with E-state index in [1.54, 1.807) is 0 Å². The second-order valence-electron chi connectivity index (χ2n) is 3.05. The maximum Gasteiger partial charge on any atom is 0.303 e. The summed E-state index contributed by atoms with van der Waals surface area (Å²) < 4.78 is 12.7. The van der Waals surface area contributed by atoms with Crippen LogP contribution >= 0.6 is 11.6 Å². The number of carboxylic acid groups (broad SMARTS) is 1. The Morgan fingerprint density at radius 2 is 2.27 bits per heavy atom. The van der Waals surface area contributed by atoms with Crippen molar-refractivity contribution in [1.82, 2.24) is 0 Å². The molecule has 1 aromatic carbocycles. The highest BCUT2D eigenvalue weighted by atomic mass is 35.5. The molecule has 1 aromatic rings. The van der Waals surface area contributed by atoms with Crippen LogP contribution in [0.3, 0.4) is 0 Å². The van der Waals surface area contributed by atoms with Gasteiger partial charge < -0.3 is 10.4 Å². The summed E-state index contributed by atoms with van der Waals surface area (Å²) in [6.45, 7) is 0.498. The number of benzene rings is 1. The molecule has 0 heterocycles. The van der Waals surface area contributed by atoms with Crippen LogP contribution in [-0.4, -0.2) is 17.6 Å². The summed E-state index contributed by atoms with van der Waals surface area (Å²) in [6.07, 6.45) is 0.606. The van der Waals surface area contributed by atoms with Gasteiger partial charge in [-0.2, -0.15) is 0 Å². The number of carbonyl (C=O) groups is 1. The van der Waals surface area contributed by atoms with Crippen LogP contribution in [-0.2, 0) is 4.79 Å². The number of hydrogen-bond donors (Lipinski definition) is 2. The summed E-state index contributed by atoms with van der Waals surface area (Å²) in [7, 11) is 0. The number of nitrogens with one attached hydrogen (secondary N) is 1. The van der Waals surface area contributed by atoms with E-state index in [9.17, 15) is 9.18 Å². The molecule has 0 aliphatic heterocycles. The summed E-state index contributed by atoms with van der Waals surface area (Å²) in [5.74, 6) is -1.22. The third-order valence-electron chi connectivity index (χ3n) is 1.81. The van der Waals surface area contributed by atoms with E-state index in [0.717, 1.165) is 0 Å². The minimum Gasteiger partial charge on any atom is -0.481 e. The van der Waals surface area contributed by atoms with Gasteiger partial charge in [0, 0.05) is 13.0 Å².